The quantitative estimate of drug-likeness (QED) is 0.602. The molecule has 0 radical (unpaired) electrons. The highest BCUT2D eigenvalue weighted by Crippen LogP contribution is 2.22. The van der Waals surface area contributed by atoms with Crippen molar-refractivity contribution in [3.05, 3.63) is 93.2 Å². The standard InChI is InChI=1S/C22H19N3O/c1-15-10-12-18(13-11-15)25-22(26)20(16(2)24-25)14-23-21-9-5-7-17-6-3-4-8-19(17)21/h3-14,23-24H,2H2,1H3. The molecule has 1 aromatic heterocycles. The zero-order valence-electron chi connectivity index (χ0n) is 14.5. The van der Waals surface area contributed by atoms with E-state index in [2.05, 4.69) is 35.2 Å². The second-order valence-electron chi connectivity index (χ2n) is 6.30. The summed E-state index contributed by atoms with van der Waals surface area (Å²) in [6, 6.07) is 21.9. The van der Waals surface area contributed by atoms with Crippen molar-refractivity contribution < 1.29 is 0 Å². The highest BCUT2D eigenvalue weighted by atomic mass is 16.1. The van der Waals surface area contributed by atoms with Crippen LogP contribution in [0, 0.1) is 6.92 Å². The SMILES string of the molecule is C=c1[nH]n(-c2ccc(C)cc2)c(=O)c1=CNc1cccc2ccccc12. The number of nitrogens with zero attached hydrogens (tertiary/aromatic N) is 1. The van der Waals surface area contributed by atoms with Crippen molar-refractivity contribution in [3.63, 3.8) is 0 Å². The molecule has 4 heteroatoms. The number of rotatable bonds is 3. The van der Waals surface area contributed by atoms with Gasteiger partial charge in [-0.2, -0.15) is 0 Å². The summed E-state index contributed by atoms with van der Waals surface area (Å²) in [5, 5.41) is 9.64. The maximum absolute atomic E-state index is 12.8. The lowest BCUT2D eigenvalue weighted by molar-refractivity contribution is 0.838. The number of hydrogen-bond donors (Lipinski definition) is 2. The van der Waals surface area contributed by atoms with Gasteiger partial charge in [-0.1, -0.05) is 60.7 Å². The molecule has 128 valence electrons. The van der Waals surface area contributed by atoms with Gasteiger partial charge in [-0.15, -0.1) is 0 Å². The Morgan fingerprint density at radius 2 is 1.73 bits per heavy atom. The van der Waals surface area contributed by atoms with Gasteiger partial charge in [-0.3, -0.25) is 9.89 Å². The largest absolute Gasteiger partial charge is 0.360 e. The van der Waals surface area contributed by atoms with Crippen LogP contribution in [0.15, 0.2) is 71.5 Å². The summed E-state index contributed by atoms with van der Waals surface area (Å²) in [4.78, 5) is 12.8. The van der Waals surface area contributed by atoms with Crippen molar-refractivity contribution in [2.75, 3.05) is 5.32 Å². The molecule has 4 aromatic rings. The summed E-state index contributed by atoms with van der Waals surface area (Å²) < 4.78 is 1.51. The van der Waals surface area contributed by atoms with E-state index in [9.17, 15) is 4.79 Å². The number of nitrogens with one attached hydrogen (secondary N) is 2. The molecule has 2 N–H and O–H groups in total. The smallest absolute Gasteiger partial charge is 0.280 e. The monoisotopic (exact) mass is 341 g/mol. The maximum atomic E-state index is 12.8. The number of anilines is 1. The Balaban J connectivity index is 1.77. The minimum Gasteiger partial charge on any atom is -0.360 e. The second kappa shape index (κ2) is 6.41. The van der Waals surface area contributed by atoms with Crippen molar-refractivity contribution in [1.82, 2.24) is 9.78 Å². The number of hydrogen-bond acceptors (Lipinski definition) is 2. The van der Waals surface area contributed by atoms with Gasteiger partial charge in [0.2, 0.25) is 0 Å². The summed E-state index contributed by atoms with van der Waals surface area (Å²) in [5.74, 6) is 0. The fourth-order valence-corrected chi connectivity index (χ4v) is 3.02. The zero-order chi connectivity index (χ0) is 18.1. The molecule has 0 saturated carbocycles. The van der Waals surface area contributed by atoms with Crippen LogP contribution in [0.4, 0.5) is 5.69 Å². The van der Waals surface area contributed by atoms with Crippen LogP contribution in [0.2, 0.25) is 0 Å². The first-order valence-corrected chi connectivity index (χ1v) is 8.45. The van der Waals surface area contributed by atoms with Gasteiger partial charge in [0, 0.05) is 17.3 Å². The van der Waals surface area contributed by atoms with Crippen LogP contribution in [0.3, 0.4) is 0 Å². The van der Waals surface area contributed by atoms with Gasteiger partial charge in [-0.05, 0) is 30.5 Å². The number of aryl methyl sites for hydroxylation is 1. The molecule has 0 atom stereocenters. The minimum absolute atomic E-state index is 0.133. The van der Waals surface area contributed by atoms with E-state index in [1.54, 1.807) is 6.20 Å². The number of aromatic nitrogens is 2. The van der Waals surface area contributed by atoms with E-state index < -0.39 is 0 Å². The molecule has 26 heavy (non-hydrogen) atoms. The number of benzene rings is 3. The molecule has 0 amide bonds. The highest BCUT2D eigenvalue weighted by Gasteiger charge is 2.05. The molecule has 0 unspecified atom stereocenters. The summed E-state index contributed by atoms with van der Waals surface area (Å²) in [6.07, 6.45) is 1.72. The molecule has 0 saturated heterocycles. The average molecular weight is 341 g/mol. The van der Waals surface area contributed by atoms with Crippen molar-refractivity contribution in [1.29, 1.82) is 0 Å². The van der Waals surface area contributed by atoms with Crippen molar-refractivity contribution >= 4 is 29.2 Å². The minimum atomic E-state index is -0.133. The Morgan fingerprint density at radius 3 is 2.54 bits per heavy atom. The van der Waals surface area contributed by atoms with Gasteiger partial charge in [0.05, 0.1) is 16.3 Å². The van der Waals surface area contributed by atoms with Crippen molar-refractivity contribution in [3.8, 4) is 5.69 Å². The molecule has 0 bridgehead atoms. The van der Waals surface area contributed by atoms with E-state index in [-0.39, 0.29) is 5.56 Å². The van der Waals surface area contributed by atoms with Gasteiger partial charge in [0.25, 0.3) is 5.56 Å². The fraction of sp³-hybridized carbons (Fsp3) is 0.0455. The molecule has 0 aliphatic heterocycles. The predicted molar refractivity (Wildman–Crippen MR) is 108 cm³/mol. The number of fused-ring (bicyclic) bond motifs is 1. The molecular formula is C22H19N3O. The van der Waals surface area contributed by atoms with E-state index in [4.69, 9.17) is 0 Å². The van der Waals surface area contributed by atoms with Crippen LogP contribution in [-0.4, -0.2) is 9.78 Å². The van der Waals surface area contributed by atoms with E-state index in [0.29, 0.717) is 10.6 Å². The molecule has 0 aliphatic carbocycles. The molecule has 3 aromatic carbocycles. The first-order valence-electron chi connectivity index (χ1n) is 8.45. The van der Waals surface area contributed by atoms with E-state index >= 15 is 0 Å². The molecule has 0 aliphatic rings. The Kier molecular flexibility index (Phi) is 3.93. The highest BCUT2D eigenvalue weighted by molar-refractivity contribution is 5.94. The Bertz CT molecular complexity index is 1240. The number of aromatic amines is 1. The lowest BCUT2D eigenvalue weighted by Crippen LogP contribution is -2.34. The van der Waals surface area contributed by atoms with Crippen molar-refractivity contribution in [2.45, 2.75) is 6.92 Å². The van der Waals surface area contributed by atoms with Gasteiger partial charge >= 0.3 is 0 Å². The van der Waals surface area contributed by atoms with Crippen molar-refractivity contribution in [2.24, 2.45) is 0 Å². The first-order chi connectivity index (χ1) is 12.6. The van der Waals surface area contributed by atoms with Gasteiger partial charge in [-0.25, -0.2) is 4.68 Å². The van der Waals surface area contributed by atoms with Crippen LogP contribution in [-0.2, 0) is 0 Å². The van der Waals surface area contributed by atoms with Crippen LogP contribution in [0.25, 0.3) is 29.2 Å². The van der Waals surface area contributed by atoms with Gasteiger partial charge in [0.15, 0.2) is 0 Å². The van der Waals surface area contributed by atoms with Crippen LogP contribution in [0.5, 0.6) is 0 Å². The third-order valence-electron chi connectivity index (χ3n) is 4.46. The summed E-state index contributed by atoms with van der Waals surface area (Å²) in [6.45, 7) is 5.99. The maximum Gasteiger partial charge on any atom is 0.280 e. The second-order valence-corrected chi connectivity index (χ2v) is 6.30. The summed E-state index contributed by atoms with van der Waals surface area (Å²) >= 11 is 0. The lowest BCUT2D eigenvalue weighted by Gasteiger charge is -2.05. The predicted octanol–water partition coefficient (Wildman–Crippen LogP) is 2.89. The molecule has 1 heterocycles. The third kappa shape index (κ3) is 2.82. The Hall–Kier alpha value is -3.53. The third-order valence-corrected chi connectivity index (χ3v) is 4.46. The summed E-state index contributed by atoms with van der Waals surface area (Å²) in [5.41, 5.74) is 2.75. The van der Waals surface area contributed by atoms with E-state index in [0.717, 1.165) is 27.7 Å². The molecular weight excluding hydrogens is 322 g/mol. The Labute approximate surface area is 150 Å². The van der Waals surface area contributed by atoms with Gasteiger partial charge < -0.3 is 5.32 Å². The molecule has 0 fully saturated rings. The zero-order valence-corrected chi connectivity index (χ0v) is 14.5. The van der Waals surface area contributed by atoms with Gasteiger partial charge in [0.1, 0.15) is 0 Å². The average Bonchev–Trinajstić information content (AvgIpc) is 2.94. The lowest BCUT2D eigenvalue weighted by atomic mass is 10.1. The molecule has 4 nitrogen and oxygen atoms in total. The van der Waals surface area contributed by atoms with E-state index in [1.165, 1.54) is 4.68 Å². The van der Waals surface area contributed by atoms with E-state index in [1.807, 2.05) is 55.5 Å². The summed E-state index contributed by atoms with van der Waals surface area (Å²) in [7, 11) is 0. The first kappa shape index (κ1) is 16.0. The molecule has 4 rings (SSSR count). The normalized spacial score (nSPS) is 11.8. The van der Waals surface area contributed by atoms with Crippen LogP contribution >= 0.6 is 0 Å². The molecule has 0 spiro atoms. The van der Waals surface area contributed by atoms with Crippen LogP contribution in [0.1, 0.15) is 5.56 Å². The Morgan fingerprint density at radius 1 is 1.00 bits per heavy atom. The number of H-pyrrole nitrogens is 1. The topological polar surface area (TPSA) is 49.8 Å². The fourth-order valence-electron chi connectivity index (χ4n) is 3.02. The van der Waals surface area contributed by atoms with Crippen LogP contribution < -0.4 is 21.4 Å².